The minimum Gasteiger partial charge on any atom is -0.481 e. The standard InChI is InChI=1S/C20H21NO4/c1-13-6-5-7-14(2)19(13)24-12-18(22)25-17-11-10-15-8-3-4-9-16(15)21-20(17)23/h3-9,17H,10-12H2,1-2H3,(H,21,23). The molecule has 1 amide bonds. The number of rotatable bonds is 4. The summed E-state index contributed by atoms with van der Waals surface area (Å²) in [6, 6.07) is 13.4. The number of para-hydroxylation sites is 2. The summed E-state index contributed by atoms with van der Waals surface area (Å²) in [5.41, 5.74) is 3.73. The minimum atomic E-state index is -0.804. The molecule has 2 aromatic carbocycles. The zero-order valence-corrected chi connectivity index (χ0v) is 14.4. The molecule has 2 aromatic rings. The maximum atomic E-state index is 12.3. The molecule has 0 aromatic heterocycles. The molecule has 1 aliphatic heterocycles. The lowest BCUT2D eigenvalue weighted by Gasteiger charge is -2.16. The van der Waals surface area contributed by atoms with E-state index < -0.39 is 12.1 Å². The van der Waals surface area contributed by atoms with Crippen molar-refractivity contribution < 1.29 is 19.1 Å². The lowest BCUT2D eigenvalue weighted by atomic mass is 10.1. The van der Waals surface area contributed by atoms with Crippen LogP contribution in [0, 0.1) is 13.8 Å². The number of ether oxygens (including phenoxy) is 2. The molecule has 0 fully saturated rings. The number of anilines is 1. The Balaban J connectivity index is 1.59. The Kier molecular flexibility index (Phi) is 5.03. The van der Waals surface area contributed by atoms with Gasteiger partial charge in [0.25, 0.3) is 5.91 Å². The Morgan fingerprint density at radius 1 is 1.12 bits per heavy atom. The van der Waals surface area contributed by atoms with Gasteiger partial charge in [0.15, 0.2) is 12.7 Å². The highest BCUT2D eigenvalue weighted by Gasteiger charge is 2.27. The van der Waals surface area contributed by atoms with Gasteiger partial charge < -0.3 is 14.8 Å². The van der Waals surface area contributed by atoms with Gasteiger partial charge in [-0.15, -0.1) is 0 Å². The average Bonchev–Trinajstić information content (AvgIpc) is 2.74. The second-order valence-electron chi connectivity index (χ2n) is 6.17. The monoisotopic (exact) mass is 339 g/mol. The van der Waals surface area contributed by atoms with Crippen LogP contribution in [0.3, 0.4) is 0 Å². The molecule has 0 aliphatic carbocycles. The van der Waals surface area contributed by atoms with Gasteiger partial charge in [0, 0.05) is 5.69 Å². The largest absolute Gasteiger partial charge is 0.481 e. The molecule has 5 heteroatoms. The van der Waals surface area contributed by atoms with Crippen molar-refractivity contribution in [2.75, 3.05) is 11.9 Å². The zero-order valence-electron chi connectivity index (χ0n) is 14.4. The van der Waals surface area contributed by atoms with Gasteiger partial charge in [0.2, 0.25) is 0 Å². The molecule has 0 bridgehead atoms. The third-order valence-corrected chi connectivity index (χ3v) is 4.26. The Morgan fingerprint density at radius 2 is 1.84 bits per heavy atom. The summed E-state index contributed by atoms with van der Waals surface area (Å²) >= 11 is 0. The predicted octanol–water partition coefficient (Wildman–Crippen LogP) is 3.18. The molecular formula is C20H21NO4. The van der Waals surface area contributed by atoms with Crippen LogP contribution in [0.25, 0.3) is 0 Å². The van der Waals surface area contributed by atoms with Crippen molar-refractivity contribution in [3.8, 4) is 5.75 Å². The van der Waals surface area contributed by atoms with E-state index in [9.17, 15) is 9.59 Å². The van der Waals surface area contributed by atoms with E-state index in [4.69, 9.17) is 9.47 Å². The third-order valence-electron chi connectivity index (χ3n) is 4.26. The Hall–Kier alpha value is -2.82. The molecule has 0 saturated heterocycles. The Morgan fingerprint density at radius 3 is 2.60 bits per heavy atom. The lowest BCUT2D eigenvalue weighted by Crippen LogP contribution is -2.33. The topological polar surface area (TPSA) is 64.6 Å². The van der Waals surface area contributed by atoms with Gasteiger partial charge in [-0.2, -0.15) is 0 Å². The molecule has 5 nitrogen and oxygen atoms in total. The molecular weight excluding hydrogens is 318 g/mol. The number of esters is 1. The van der Waals surface area contributed by atoms with Gasteiger partial charge in [0.1, 0.15) is 5.75 Å². The highest BCUT2D eigenvalue weighted by atomic mass is 16.6. The lowest BCUT2D eigenvalue weighted by molar-refractivity contribution is -0.156. The van der Waals surface area contributed by atoms with Crippen molar-refractivity contribution in [3.05, 3.63) is 59.2 Å². The summed E-state index contributed by atoms with van der Waals surface area (Å²) in [6.07, 6.45) is 0.323. The number of aryl methyl sites for hydroxylation is 3. The summed E-state index contributed by atoms with van der Waals surface area (Å²) in [5, 5.41) is 2.81. The highest BCUT2D eigenvalue weighted by Crippen LogP contribution is 2.24. The molecule has 1 unspecified atom stereocenters. The molecule has 0 saturated carbocycles. The molecule has 0 spiro atoms. The van der Waals surface area contributed by atoms with E-state index in [1.54, 1.807) is 0 Å². The van der Waals surface area contributed by atoms with Crippen LogP contribution in [0.15, 0.2) is 42.5 Å². The fourth-order valence-electron chi connectivity index (χ4n) is 2.95. The van der Waals surface area contributed by atoms with Gasteiger partial charge in [-0.1, -0.05) is 36.4 Å². The molecule has 25 heavy (non-hydrogen) atoms. The van der Waals surface area contributed by atoms with Gasteiger partial charge >= 0.3 is 5.97 Å². The molecule has 130 valence electrons. The summed E-state index contributed by atoms with van der Waals surface area (Å²) in [7, 11) is 0. The fourth-order valence-corrected chi connectivity index (χ4v) is 2.95. The number of fused-ring (bicyclic) bond motifs is 1. The summed E-state index contributed by atoms with van der Waals surface area (Å²) in [6.45, 7) is 3.62. The van der Waals surface area contributed by atoms with Gasteiger partial charge in [-0.05, 0) is 49.4 Å². The van der Waals surface area contributed by atoms with Crippen LogP contribution in [-0.2, 0) is 20.7 Å². The van der Waals surface area contributed by atoms with Crippen LogP contribution in [0.4, 0.5) is 5.69 Å². The van der Waals surface area contributed by atoms with Crippen LogP contribution >= 0.6 is 0 Å². The Labute approximate surface area is 147 Å². The number of benzene rings is 2. The molecule has 3 rings (SSSR count). The molecule has 1 aliphatic rings. The normalized spacial score (nSPS) is 16.4. The first-order valence-corrected chi connectivity index (χ1v) is 8.32. The van der Waals surface area contributed by atoms with E-state index in [0.717, 1.165) is 22.4 Å². The Bertz CT molecular complexity index is 780. The van der Waals surface area contributed by atoms with Crippen LogP contribution < -0.4 is 10.1 Å². The molecule has 0 radical (unpaired) electrons. The number of carbonyl (C=O) groups excluding carboxylic acids is 2. The van der Waals surface area contributed by atoms with E-state index in [2.05, 4.69) is 5.32 Å². The van der Waals surface area contributed by atoms with E-state index in [0.29, 0.717) is 18.6 Å². The smallest absolute Gasteiger partial charge is 0.344 e. The van der Waals surface area contributed by atoms with E-state index in [-0.39, 0.29) is 12.5 Å². The van der Waals surface area contributed by atoms with Crippen LogP contribution in [0.1, 0.15) is 23.1 Å². The fraction of sp³-hybridized carbons (Fsp3) is 0.300. The van der Waals surface area contributed by atoms with Crippen LogP contribution in [-0.4, -0.2) is 24.6 Å². The van der Waals surface area contributed by atoms with Crippen LogP contribution in [0.2, 0.25) is 0 Å². The minimum absolute atomic E-state index is 0.220. The second-order valence-corrected chi connectivity index (χ2v) is 6.17. The summed E-state index contributed by atoms with van der Waals surface area (Å²) in [4.78, 5) is 24.4. The first-order valence-electron chi connectivity index (χ1n) is 8.32. The summed E-state index contributed by atoms with van der Waals surface area (Å²) < 4.78 is 10.9. The highest BCUT2D eigenvalue weighted by molar-refractivity contribution is 5.96. The van der Waals surface area contributed by atoms with Crippen molar-refractivity contribution in [2.45, 2.75) is 32.8 Å². The number of carbonyl (C=O) groups is 2. The van der Waals surface area contributed by atoms with E-state index in [1.807, 2.05) is 56.3 Å². The maximum absolute atomic E-state index is 12.3. The second kappa shape index (κ2) is 7.38. The van der Waals surface area contributed by atoms with Crippen molar-refractivity contribution in [1.29, 1.82) is 0 Å². The van der Waals surface area contributed by atoms with Crippen LogP contribution in [0.5, 0.6) is 5.75 Å². The van der Waals surface area contributed by atoms with Gasteiger partial charge in [-0.25, -0.2) is 4.79 Å². The predicted molar refractivity (Wildman–Crippen MR) is 94.7 cm³/mol. The third kappa shape index (κ3) is 3.99. The molecule has 1 N–H and O–H groups in total. The summed E-state index contributed by atoms with van der Waals surface area (Å²) in [5.74, 6) is -0.170. The first-order chi connectivity index (χ1) is 12.0. The quantitative estimate of drug-likeness (QED) is 0.869. The number of hydrogen-bond acceptors (Lipinski definition) is 4. The average molecular weight is 339 g/mol. The van der Waals surface area contributed by atoms with E-state index in [1.165, 1.54) is 0 Å². The molecule has 1 atom stereocenters. The van der Waals surface area contributed by atoms with Gasteiger partial charge in [0.05, 0.1) is 0 Å². The van der Waals surface area contributed by atoms with E-state index >= 15 is 0 Å². The van der Waals surface area contributed by atoms with Crippen molar-refractivity contribution in [2.24, 2.45) is 0 Å². The zero-order chi connectivity index (χ0) is 17.8. The first kappa shape index (κ1) is 17.0. The number of hydrogen-bond donors (Lipinski definition) is 1. The number of nitrogens with one attached hydrogen (secondary N) is 1. The van der Waals surface area contributed by atoms with Crippen molar-refractivity contribution >= 4 is 17.6 Å². The number of amides is 1. The van der Waals surface area contributed by atoms with Crippen molar-refractivity contribution in [1.82, 2.24) is 0 Å². The molecule has 1 heterocycles. The van der Waals surface area contributed by atoms with Crippen molar-refractivity contribution in [3.63, 3.8) is 0 Å². The maximum Gasteiger partial charge on any atom is 0.344 e. The SMILES string of the molecule is Cc1cccc(C)c1OCC(=O)OC1CCc2ccccc2NC1=O. The van der Waals surface area contributed by atoms with Gasteiger partial charge in [-0.3, -0.25) is 4.79 Å².